The summed E-state index contributed by atoms with van der Waals surface area (Å²) < 4.78 is 0. The lowest BCUT2D eigenvalue weighted by Gasteiger charge is -2.26. The molecule has 15 heavy (non-hydrogen) atoms. The highest BCUT2D eigenvalue weighted by Gasteiger charge is 2.29. The molecule has 0 aromatic rings. The average molecular weight is 207 g/mol. The average Bonchev–Trinajstić information content (AvgIpc) is 2.61. The molecule has 1 unspecified atom stereocenters. The zero-order chi connectivity index (χ0) is 10.7. The van der Waals surface area contributed by atoms with E-state index in [0.717, 1.165) is 19.0 Å². The number of amides is 1. The van der Waals surface area contributed by atoms with E-state index >= 15 is 0 Å². The molecule has 1 atom stereocenters. The highest BCUT2D eigenvalue weighted by molar-refractivity contribution is 5.78. The van der Waals surface area contributed by atoms with E-state index < -0.39 is 0 Å². The molecule has 2 rings (SSSR count). The molecule has 84 valence electrons. The monoisotopic (exact) mass is 207 g/mol. The summed E-state index contributed by atoms with van der Waals surface area (Å²) in [6.45, 7) is 5.70. The Bertz CT molecular complexity index is 243. The van der Waals surface area contributed by atoms with E-state index in [0.29, 0.717) is 18.2 Å². The SMILES string of the molecule is C=CC1CC(=O)N(CC2CCCCC2)C1. The van der Waals surface area contributed by atoms with Crippen molar-refractivity contribution in [2.24, 2.45) is 11.8 Å². The summed E-state index contributed by atoms with van der Waals surface area (Å²) in [5.74, 6) is 1.51. The lowest BCUT2D eigenvalue weighted by atomic mass is 9.89. The van der Waals surface area contributed by atoms with Gasteiger partial charge in [0.05, 0.1) is 0 Å². The quantitative estimate of drug-likeness (QED) is 0.651. The topological polar surface area (TPSA) is 20.3 Å². The Morgan fingerprint density at radius 2 is 2.07 bits per heavy atom. The van der Waals surface area contributed by atoms with Gasteiger partial charge in [0.25, 0.3) is 0 Å². The zero-order valence-electron chi connectivity index (χ0n) is 9.45. The number of hydrogen-bond acceptors (Lipinski definition) is 1. The molecule has 1 saturated heterocycles. The van der Waals surface area contributed by atoms with Crippen LogP contribution >= 0.6 is 0 Å². The first-order chi connectivity index (χ1) is 7.29. The summed E-state index contributed by atoms with van der Waals surface area (Å²) in [4.78, 5) is 13.8. The van der Waals surface area contributed by atoms with Crippen molar-refractivity contribution in [3.63, 3.8) is 0 Å². The van der Waals surface area contributed by atoms with E-state index in [4.69, 9.17) is 0 Å². The lowest BCUT2D eigenvalue weighted by molar-refractivity contribution is -0.128. The minimum Gasteiger partial charge on any atom is -0.342 e. The number of likely N-dealkylation sites (tertiary alicyclic amines) is 1. The maximum atomic E-state index is 11.7. The first kappa shape index (κ1) is 10.7. The van der Waals surface area contributed by atoms with Gasteiger partial charge in [0.1, 0.15) is 0 Å². The molecule has 2 aliphatic rings. The third kappa shape index (κ3) is 2.61. The van der Waals surface area contributed by atoms with Crippen LogP contribution in [0.3, 0.4) is 0 Å². The predicted molar refractivity (Wildman–Crippen MR) is 61.5 cm³/mol. The van der Waals surface area contributed by atoms with E-state index in [9.17, 15) is 4.79 Å². The summed E-state index contributed by atoms with van der Waals surface area (Å²) in [7, 11) is 0. The fourth-order valence-electron chi connectivity index (χ4n) is 2.82. The number of hydrogen-bond donors (Lipinski definition) is 0. The predicted octanol–water partition coefficient (Wildman–Crippen LogP) is 2.60. The summed E-state index contributed by atoms with van der Waals surface area (Å²) in [5.41, 5.74) is 0. The Morgan fingerprint density at radius 3 is 2.67 bits per heavy atom. The summed E-state index contributed by atoms with van der Waals surface area (Å²) in [5, 5.41) is 0. The minimum absolute atomic E-state index is 0.338. The smallest absolute Gasteiger partial charge is 0.223 e. The first-order valence-electron chi connectivity index (χ1n) is 6.20. The van der Waals surface area contributed by atoms with Crippen LogP contribution in [0.2, 0.25) is 0 Å². The van der Waals surface area contributed by atoms with E-state index in [2.05, 4.69) is 11.5 Å². The number of carbonyl (C=O) groups is 1. The Balaban J connectivity index is 1.83. The second kappa shape index (κ2) is 4.82. The Morgan fingerprint density at radius 1 is 1.33 bits per heavy atom. The number of rotatable bonds is 3. The van der Waals surface area contributed by atoms with Crippen molar-refractivity contribution in [3.05, 3.63) is 12.7 Å². The van der Waals surface area contributed by atoms with Crippen molar-refractivity contribution in [2.45, 2.75) is 38.5 Å². The Hall–Kier alpha value is -0.790. The van der Waals surface area contributed by atoms with Crippen LogP contribution in [0.4, 0.5) is 0 Å². The van der Waals surface area contributed by atoms with E-state index in [1.54, 1.807) is 0 Å². The fourth-order valence-corrected chi connectivity index (χ4v) is 2.82. The van der Waals surface area contributed by atoms with Gasteiger partial charge in [0.2, 0.25) is 5.91 Å². The molecule has 1 aliphatic carbocycles. The zero-order valence-corrected chi connectivity index (χ0v) is 9.45. The molecular weight excluding hydrogens is 186 g/mol. The van der Waals surface area contributed by atoms with Crippen LogP contribution in [-0.4, -0.2) is 23.9 Å². The van der Waals surface area contributed by atoms with Crippen LogP contribution in [0.1, 0.15) is 38.5 Å². The summed E-state index contributed by atoms with van der Waals surface area (Å²) >= 11 is 0. The molecule has 0 spiro atoms. The molecule has 2 fully saturated rings. The minimum atomic E-state index is 0.338. The molecule has 2 nitrogen and oxygen atoms in total. The van der Waals surface area contributed by atoms with Gasteiger partial charge in [-0.1, -0.05) is 25.3 Å². The van der Waals surface area contributed by atoms with Crippen molar-refractivity contribution in [1.29, 1.82) is 0 Å². The van der Waals surface area contributed by atoms with Crippen LogP contribution in [0.25, 0.3) is 0 Å². The maximum Gasteiger partial charge on any atom is 0.223 e. The highest BCUT2D eigenvalue weighted by atomic mass is 16.2. The third-order valence-electron chi connectivity index (χ3n) is 3.78. The molecule has 0 aromatic heterocycles. The number of carbonyl (C=O) groups excluding carboxylic acids is 1. The van der Waals surface area contributed by atoms with Crippen molar-refractivity contribution >= 4 is 5.91 Å². The van der Waals surface area contributed by atoms with Gasteiger partial charge in [0, 0.05) is 25.4 Å². The molecule has 1 saturated carbocycles. The molecule has 1 amide bonds. The molecular formula is C13H21NO. The van der Waals surface area contributed by atoms with Gasteiger partial charge in [0.15, 0.2) is 0 Å². The van der Waals surface area contributed by atoms with Crippen LogP contribution in [0.5, 0.6) is 0 Å². The maximum absolute atomic E-state index is 11.7. The van der Waals surface area contributed by atoms with Crippen molar-refractivity contribution < 1.29 is 4.79 Å². The Kier molecular flexibility index (Phi) is 3.45. The van der Waals surface area contributed by atoms with E-state index in [-0.39, 0.29) is 0 Å². The standard InChI is InChI=1S/C13H21NO/c1-2-11-8-13(15)14(9-11)10-12-6-4-3-5-7-12/h2,11-12H,1,3-10H2. The van der Waals surface area contributed by atoms with Crippen molar-refractivity contribution in [1.82, 2.24) is 4.90 Å². The number of nitrogens with zero attached hydrogens (tertiary/aromatic N) is 1. The third-order valence-corrected chi connectivity index (χ3v) is 3.78. The molecule has 2 heteroatoms. The first-order valence-corrected chi connectivity index (χ1v) is 6.20. The van der Waals surface area contributed by atoms with Crippen LogP contribution in [-0.2, 0) is 4.79 Å². The van der Waals surface area contributed by atoms with Crippen LogP contribution in [0, 0.1) is 11.8 Å². The van der Waals surface area contributed by atoms with E-state index in [1.165, 1.54) is 32.1 Å². The molecule has 0 N–H and O–H groups in total. The molecule has 0 aromatic carbocycles. The molecule has 1 aliphatic heterocycles. The second-order valence-electron chi connectivity index (χ2n) is 5.00. The van der Waals surface area contributed by atoms with Gasteiger partial charge < -0.3 is 4.90 Å². The molecule has 1 heterocycles. The molecule has 0 radical (unpaired) electrons. The van der Waals surface area contributed by atoms with Gasteiger partial charge >= 0.3 is 0 Å². The van der Waals surface area contributed by atoms with Gasteiger partial charge in [-0.25, -0.2) is 0 Å². The van der Waals surface area contributed by atoms with E-state index in [1.807, 2.05) is 6.08 Å². The molecule has 0 bridgehead atoms. The van der Waals surface area contributed by atoms with Gasteiger partial charge in [-0.2, -0.15) is 0 Å². The van der Waals surface area contributed by atoms with Crippen molar-refractivity contribution in [3.8, 4) is 0 Å². The normalized spacial score (nSPS) is 28.4. The van der Waals surface area contributed by atoms with Gasteiger partial charge in [-0.15, -0.1) is 6.58 Å². The fraction of sp³-hybridized carbons (Fsp3) is 0.769. The lowest BCUT2D eigenvalue weighted by Crippen LogP contribution is -2.31. The van der Waals surface area contributed by atoms with Crippen molar-refractivity contribution in [2.75, 3.05) is 13.1 Å². The highest BCUT2D eigenvalue weighted by Crippen LogP contribution is 2.27. The summed E-state index contributed by atoms with van der Waals surface area (Å²) in [6, 6.07) is 0. The Labute approximate surface area is 92.3 Å². The largest absolute Gasteiger partial charge is 0.342 e. The van der Waals surface area contributed by atoms with Gasteiger partial charge in [-0.3, -0.25) is 4.79 Å². The van der Waals surface area contributed by atoms with Crippen LogP contribution < -0.4 is 0 Å². The van der Waals surface area contributed by atoms with Gasteiger partial charge in [-0.05, 0) is 18.8 Å². The van der Waals surface area contributed by atoms with Crippen LogP contribution in [0.15, 0.2) is 12.7 Å². The second-order valence-corrected chi connectivity index (χ2v) is 5.00. The summed E-state index contributed by atoms with van der Waals surface area (Å²) in [6.07, 6.45) is 9.37.